The number of carboxylic acid groups (broad SMARTS) is 1. The maximum Gasteiger partial charge on any atom is 0.337 e. The van der Waals surface area contributed by atoms with Crippen LogP contribution in [-0.2, 0) is 13.1 Å². The quantitative estimate of drug-likeness (QED) is 0.892. The minimum absolute atomic E-state index is 0.361. The van der Waals surface area contributed by atoms with Gasteiger partial charge in [0, 0.05) is 25.5 Å². The first-order valence-electron chi connectivity index (χ1n) is 6.24. The Hall–Kier alpha value is -2.30. The molecule has 0 bridgehead atoms. The summed E-state index contributed by atoms with van der Waals surface area (Å²) in [7, 11) is 0. The maximum absolute atomic E-state index is 11.4. The molecule has 0 fully saturated rings. The molecule has 0 unspecified atom stereocenters. The van der Waals surface area contributed by atoms with Crippen molar-refractivity contribution in [1.82, 2.24) is 9.55 Å². The lowest BCUT2D eigenvalue weighted by Crippen LogP contribution is -2.34. The zero-order valence-corrected chi connectivity index (χ0v) is 10.7. The highest BCUT2D eigenvalue weighted by Crippen LogP contribution is 2.25. The summed E-state index contributed by atoms with van der Waals surface area (Å²) in [5.74, 6) is 0.0933. The average molecular weight is 257 g/mol. The Morgan fingerprint density at radius 3 is 3.00 bits per heavy atom. The van der Waals surface area contributed by atoms with Crippen LogP contribution < -0.4 is 4.90 Å². The molecular formula is C14H15N3O2. The van der Waals surface area contributed by atoms with E-state index in [4.69, 9.17) is 0 Å². The first-order chi connectivity index (χ1) is 9.15. The van der Waals surface area contributed by atoms with E-state index >= 15 is 0 Å². The number of fused-ring (bicyclic) bond motifs is 1. The van der Waals surface area contributed by atoms with Crippen LogP contribution in [0.25, 0.3) is 0 Å². The maximum atomic E-state index is 11.4. The number of nitrogens with zero attached hydrogens (tertiary/aromatic N) is 3. The molecule has 0 saturated heterocycles. The van der Waals surface area contributed by atoms with E-state index in [1.165, 1.54) is 0 Å². The van der Waals surface area contributed by atoms with Crippen molar-refractivity contribution in [2.45, 2.75) is 20.0 Å². The third-order valence-corrected chi connectivity index (χ3v) is 3.47. The van der Waals surface area contributed by atoms with Gasteiger partial charge in [-0.05, 0) is 19.1 Å². The van der Waals surface area contributed by atoms with E-state index in [1.54, 1.807) is 12.3 Å². The Morgan fingerprint density at radius 2 is 2.21 bits per heavy atom. The molecule has 3 rings (SSSR count). The van der Waals surface area contributed by atoms with E-state index in [0.717, 1.165) is 30.2 Å². The monoisotopic (exact) mass is 257 g/mol. The molecule has 0 radical (unpaired) electrons. The second-order valence-electron chi connectivity index (χ2n) is 4.78. The van der Waals surface area contributed by atoms with Crippen molar-refractivity contribution in [2.75, 3.05) is 11.4 Å². The Balaban J connectivity index is 1.98. The van der Waals surface area contributed by atoms with Crippen LogP contribution in [0.2, 0.25) is 0 Å². The molecule has 2 heterocycles. The minimum Gasteiger partial charge on any atom is -0.478 e. The van der Waals surface area contributed by atoms with Crippen LogP contribution in [0.1, 0.15) is 21.7 Å². The first-order valence-corrected chi connectivity index (χ1v) is 6.24. The van der Waals surface area contributed by atoms with E-state index < -0.39 is 5.97 Å². The normalized spacial score (nSPS) is 14.3. The summed E-state index contributed by atoms with van der Waals surface area (Å²) in [5.41, 5.74) is 2.09. The van der Waals surface area contributed by atoms with Gasteiger partial charge < -0.3 is 14.6 Å². The van der Waals surface area contributed by atoms with Gasteiger partial charge in [0.15, 0.2) is 0 Å². The largest absolute Gasteiger partial charge is 0.478 e. The van der Waals surface area contributed by atoms with Gasteiger partial charge in [-0.1, -0.05) is 11.6 Å². The van der Waals surface area contributed by atoms with Crippen LogP contribution in [0.15, 0.2) is 30.6 Å². The lowest BCUT2D eigenvalue weighted by Gasteiger charge is -2.30. The fourth-order valence-electron chi connectivity index (χ4n) is 2.48. The number of rotatable bonds is 2. The van der Waals surface area contributed by atoms with Crippen LogP contribution in [-0.4, -0.2) is 27.2 Å². The number of aromatic nitrogens is 2. The highest BCUT2D eigenvalue weighted by molar-refractivity contribution is 5.94. The molecule has 0 aliphatic carbocycles. The Bertz CT molecular complexity index is 633. The Morgan fingerprint density at radius 1 is 1.37 bits per heavy atom. The van der Waals surface area contributed by atoms with Crippen molar-refractivity contribution in [3.05, 3.63) is 47.5 Å². The Labute approximate surface area is 111 Å². The standard InChI is InChI=1S/C14H15N3O2/c1-10-2-3-12(11(8-10)14(18)19)17-7-6-16-5-4-15-13(16)9-17/h2-5,8H,6-7,9H2,1H3,(H,18,19). The van der Waals surface area contributed by atoms with Gasteiger partial charge in [-0.2, -0.15) is 0 Å². The third-order valence-electron chi connectivity index (χ3n) is 3.47. The van der Waals surface area contributed by atoms with Crippen molar-refractivity contribution in [2.24, 2.45) is 0 Å². The van der Waals surface area contributed by atoms with Gasteiger partial charge in [0.05, 0.1) is 17.8 Å². The fourth-order valence-corrected chi connectivity index (χ4v) is 2.48. The predicted octanol–water partition coefficient (Wildman–Crippen LogP) is 1.91. The highest BCUT2D eigenvalue weighted by atomic mass is 16.4. The molecule has 0 spiro atoms. The van der Waals surface area contributed by atoms with Gasteiger partial charge in [-0.25, -0.2) is 9.78 Å². The van der Waals surface area contributed by atoms with Crippen LogP contribution in [0.4, 0.5) is 5.69 Å². The predicted molar refractivity (Wildman–Crippen MR) is 71.4 cm³/mol. The number of carbonyl (C=O) groups is 1. The van der Waals surface area contributed by atoms with Crippen LogP contribution in [0.3, 0.4) is 0 Å². The zero-order valence-electron chi connectivity index (χ0n) is 10.7. The topological polar surface area (TPSA) is 58.4 Å². The third kappa shape index (κ3) is 2.07. The molecule has 98 valence electrons. The van der Waals surface area contributed by atoms with Gasteiger partial charge in [0.1, 0.15) is 5.82 Å². The summed E-state index contributed by atoms with van der Waals surface area (Å²) in [6.07, 6.45) is 3.74. The minimum atomic E-state index is -0.882. The summed E-state index contributed by atoms with van der Waals surface area (Å²) in [4.78, 5) is 17.7. The lowest BCUT2D eigenvalue weighted by atomic mass is 10.1. The molecule has 2 aromatic rings. The van der Waals surface area contributed by atoms with Gasteiger partial charge in [-0.15, -0.1) is 0 Å². The summed E-state index contributed by atoms with van der Waals surface area (Å²) >= 11 is 0. The fraction of sp³-hybridized carbons (Fsp3) is 0.286. The van der Waals surface area contributed by atoms with Crippen LogP contribution >= 0.6 is 0 Å². The number of hydrogen-bond acceptors (Lipinski definition) is 3. The summed E-state index contributed by atoms with van der Waals surface area (Å²) in [6.45, 7) is 4.18. The van der Waals surface area contributed by atoms with E-state index in [2.05, 4.69) is 14.5 Å². The average Bonchev–Trinajstić information content (AvgIpc) is 2.85. The molecule has 1 aromatic carbocycles. The molecule has 0 saturated carbocycles. The van der Waals surface area contributed by atoms with Crippen molar-refractivity contribution in [1.29, 1.82) is 0 Å². The SMILES string of the molecule is Cc1ccc(N2CCn3ccnc3C2)c(C(=O)O)c1. The molecule has 5 nitrogen and oxygen atoms in total. The van der Waals surface area contributed by atoms with Gasteiger partial charge in [0.25, 0.3) is 0 Å². The van der Waals surface area contributed by atoms with Crippen molar-refractivity contribution < 1.29 is 9.90 Å². The molecule has 1 aliphatic heterocycles. The van der Waals surface area contributed by atoms with Gasteiger partial charge >= 0.3 is 5.97 Å². The number of benzene rings is 1. The lowest BCUT2D eigenvalue weighted by molar-refractivity contribution is 0.0697. The number of imidazole rings is 1. The molecule has 1 aliphatic rings. The molecule has 5 heteroatoms. The summed E-state index contributed by atoms with van der Waals surface area (Å²) in [6, 6.07) is 5.55. The molecule has 1 N–H and O–H groups in total. The second kappa shape index (κ2) is 4.42. The number of carboxylic acids is 1. The number of aryl methyl sites for hydroxylation is 1. The smallest absolute Gasteiger partial charge is 0.337 e. The summed E-state index contributed by atoms with van der Waals surface area (Å²) < 4.78 is 2.10. The molecule has 0 atom stereocenters. The van der Waals surface area contributed by atoms with Crippen molar-refractivity contribution in [3.63, 3.8) is 0 Å². The highest BCUT2D eigenvalue weighted by Gasteiger charge is 2.21. The van der Waals surface area contributed by atoms with E-state index in [9.17, 15) is 9.90 Å². The van der Waals surface area contributed by atoms with Gasteiger partial charge in [-0.3, -0.25) is 0 Å². The van der Waals surface area contributed by atoms with E-state index in [0.29, 0.717) is 12.1 Å². The van der Waals surface area contributed by atoms with E-state index in [-0.39, 0.29) is 0 Å². The molecule has 0 amide bonds. The molecule has 19 heavy (non-hydrogen) atoms. The van der Waals surface area contributed by atoms with Crippen molar-refractivity contribution >= 4 is 11.7 Å². The Kier molecular flexibility index (Phi) is 2.74. The molecular weight excluding hydrogens is 242 g/mol. The number of aromatic carboxylic acids is 1. The summed E-state index contributed by atoms with van der Waals surface area (Å²) in [5, 5.41) is 9.33. The van der Waals surface area contributed by atoms with E-state index in [1.807, 2.05) is 25.3 Å². The first kappa shape index (κ1) is 11.8. The van der Waals surface area contributed by atoms with Crippen LogP contribution in [0.5, 0.6) is 0 Å². The molecule has 1 aromatic heterocycles. The van der Waals surface area contributed by atoms with Gasteiger partial charge in [0.2, 0.25) is 0 Å². The second-order valence-corrected chi connectivity index (χ2v) is 4.78. The number of anilines is 1. The zero-order chi connectivity index (χ0) is 13.4. The number of hydrogen-bond donors (Lipinski definition) is 1. The van der Waals surface area contributed by atoms with Crippen LogP contribution in [0, 0.1) is 6.92 Å². The van der Waals surface area contributed by atoms with Crippen molar-refractivity contribution in [3.8, 4) is 0 Å².